The van der Waals surface area contributed by atoms with Gasteiger partial charge in [-0.1, -0.05) is 223 Å². The van der Waals surface area contributed by atoms with Crippen LogP contribution in [0.3, 0.4) is 0 Å². The molecule has 0 N–H and O–H groups in total. The predicted octanol–water partition coefficient (Wildman–Crippen LogP) is 18.2. The van der Waals surface area contributed by atoms with E-state index in [1.807, 2.05) is 0 Å². The maximum atomic E-state index is 2.33. The van der Waals surface area contributed by atoms with Gasteiger partial charge < -0.3 is 9.80 Å². The van der Waals surface area contributed by atoms with Crippen molar-refractivity contribution in [2.24, 2.45) is 0 Å². The Kier molecular flexibility index (Phi) is 14.0. The molecular weight excluding hydrogens is 821 g/mol. The van der Waals surface area contributed by atoms with Crippen LogP contribution in [0.15, 0.2) is 255 Å². The third-order valence-electron chi connectivity index (χ3n) is 12.2. The smallest absolute Gasteiger partial charge is 0.0482 e. The Bertz CT molecular complexity index is 2860. The molecule has 0 saturated heterocycles. The predicted molar refractivity (Wildman–Crippen MR) is 293 cm³/mol. The van der Waals surface area contributed by atoms with Gasteiger partial charge in [0.25, 0.3) is 0 Å². The van der Waals surface area contributed by atoms with Crippen LogP contribution in [0.2, 0.25) is 0 Å². The average molecular weight is 877 g/mol. The van der Waals surface area contributed by atoms with E-state index in [-0.39, 0.29) is 0 Å². The number of allylic oxidation sites excluding steroid dienone is 4. The van der Waals surface area contributed by atoms with Crippen LogP contribution in [0.1, 0.15) is 55.6 Å². The van der Waals surface area contributed by atoms with Crippen molar-refractivity contribution in [3.05, 3.63) is 310 Å². The summed E-state index contributed by atoms with van der Waals surface area (Å²) >= 11 is 0. The Morgan fingerprint density at radius 1 is 0.279 bits per heavy atom. The largest absolute Gasteiger partial charge is 0.310 e. The molecule has 330 valence electrons. The molecule has 0 amide bonds. The van der Waals surface area contributed by atoms with Crippen LogP contribution in [-0.2, 0) is 0 Å². The van der Waals surface area contributed by atoms with Gasteiger partial charge in [0.05, 0.1) is 0 Å². The summed E-state index contributed by atoms with van der Waals surface area (Å²) < 4.78 is 0. The van der Waals surface area contributed by atoms with Crippen molar-refractivity contribution in [2.45, 2.75) is 27.7 Å². The Morgan fingerprint density at radius 3 is 0.868 bits per heavy atom. The molecule has 0 atom stereocenters. The molecule has 2 nitrogen and oxygen atoms in total. The lowest BCUT2D eigenvalue weighted by Gasteiger charge is -2.29. The van der Waals surface area contributed by atoms with E-state index in [0.717, 1.165) is 45.3 Å². The lowest BCUT2D eigenvalue weighted by molar-refractivity contribution is 1.25. The Hall–Kier alpha value is -8.46. The van der Waals surface area contributed by atoms with Crippen molar-refractivity contribution in [2.75, 3.05) is 9.80 Å². The second kappa shape index (κ2) is 21.2. The van der Waals surface area contributed by atoms with Crippen LogP contribution in [0, 0.1) is 27.7 Å². The van der Waals surface area contributed by atoms with Crippen LogP contribution in [-0.4, -0.2) is 0 Å². The minimum Gasteiger partial charge on any atom is -0.310 e. The summed E-state index contributed by atoms with van der Waals surface area (Å²) in [6.07, 6.45) is 13.1. The lowest BCUT2D eigenvalue weighted by atomic mass is 9.96. The molecule has 0 saturated carbocycles. The summed E-state index contributed by atoms with van der Waals surface area (Å²) in [5.74, 6) is 0. The molecule has 0 aliphatic carbocycles. The lowest BCUT2D eigenvalue weighted by Crippen LogP contribution is -2.13. The third-order valence-corrected chi connectivity index (χ3v) is 12.2. The van der Waals surface area contributed by atoms with E-state index < -0.39 is 0 Å². The number of nitrogens with zero attached hydrogens (tertiary/aromatic N) is 2. The first-order chi connectivity index (χ1) is 33.3. The summed E-state index contributed by atoms with van der Waals surface area (Å²) in [6.45, 7) is 8.52. The molecule has 0 aliphatic rings. The fourth-order valence-electron chi connectivity index (χ4n) is 8.45. The number of benzene rings is 9. The van der Waals surface area contributed by atoms with E-state index >= 15 is 0 Å². The molecule has 0 aliphatic heterocycles. The first kappa shape index (κ1) is 44.7. The van der Waals surface area contributed by atoms with E-state index in [4.69, 9.17) is 0 Å². The van der Waals surface area contributed by atoms with Crippen LogP contribution < -0.4 is 9.80 Å². The third kappa shape index (κ3) is 11.0. The topological polar surface area (TPSA) is 6.48 Å². The van der Waals surface area contributed by atoms with Gasteiger partial charge in [0.1, 0.15) is 0 Å². The molecule has 0 aromatic heterocycles. The zero-order valence-electron chi connectivity index (χ0n) is 39.3. The quantitative estimate of drug-likeness (QED) is 0.100. The Labute approximate surface area is 403 Å². The monoisotopic (exact) mass is 876 g/mol. The van der Waals surface area contributed by atoms with Crippen LogP contribution >= 0.6 is 0 Å². The minimum atomic E-state index is 1.06. The average Bonchev–Trinajstić information content (AvgIpc) is 3.38. The number of hydrogen-bond acceptors (Lipinski definition) is 2. The molecule has 0 bridgehead atoms. The van der Waals surface area contributed by atoms with Gasteiger partial charge >= 0.3 is 0 Å². The second-order valence-corrected chi connectivity index (χ2v) is 17.4. The van der Waals surface area contributed by atoms with Gasteiger partial charge in [-0.15, -0.1) is 0 Å². The van der Waals surface area contributed by atoms with Crippen molar-refractivity contribution in [3.63, 3.8) is 0 Å². The highest BCUT2D eigenvalue weighted by molar-refractivity contribution is 5.85. The molecule has 9 rings (SSSR count). The summed E-state index contributed by atoms with van der Waals surface area (Å²) in [5, 5.41) is 0. The molecule has 0 heterocycles. The highest BCUT2D eigenvalue weighted by Crippen LogP contribution is 2.40. The van der Waals surface area contributed by atoms with E-state index in [9.17, 15) is 0 Å². The Balaban J connectivity index is 1.00. The second-order valence-electron chi connectivity index (χ2n) is 17.4. The summed E-state index contributed by atoms with van der Waals surface area (Å²) in [6, 6.07) is 82.8. The van der Waals surface area contributed by atoms with Gasteiger partial charge in [-0.25, -0.2) is 0 Å². The van der Waals surface area contributed by atoms with Crippen LogP contribution in [0.4, 0.5) is 34.1 Å². The van der Waals surface area contributed by atoms with Gasteiger partial charge in [-0.05, 0) is 139 Å². The van der Waals surface area contributed by atoms with E-state index in [0.29, 0.717) is 0 Å². The molecule has 0 spiro atoms. The molecule has 9 aromatic rings. The number of para-hydroxylation sites is 2. The number of rotatable bonds is 14. The number of aryl methyl sites for hydroxylation is 4. The molecule has 68 heavy (non-hydrogen) atoms. The highest BCUT2D eigenvalue weighted by atomic mass is 15.2. The van der Waals surface area contributed by atoms with Crippen molar-refractivity contribution >= 4 is 57.4 Å². The molecule has 2 heteroatoms. The summed E-state index contributed by atoms with van der Waals surface area (Å²) in [4.78, 5) is 4.66. The molecule has 0 unspecified atom stereocenters. The molecule has 0 fully saturated rings. The standard InChI is InChI=1S/C66H56N2/c1-49-24-36-55(37-25-49)65(56-38-26-50(2)27-39-56)22-11-14-53-32-44-61(45-33-53)67(59-16-7-5-8-17-59)63-20-13-21-64(48-63)68(60-18-9-6-10-19-60)62-46-34-54(35-47-62)15-12-23-66(57-40-28-51(3)29-41-57)58-42-30-52(4)31-43-58/h5-48H,1-4H3/b14-11+,15-12+. The zero-order valence-corrected chi connectivity index (χ0v) is 39.3. The van der Waals surface area contributed by atoms with E-state index in [2.05, 4.69) is 304 Å². The minimum absolute atomic E-state index is 1.06. The first-order valence-electron chi connectivity index (χ1n) is 23.4. The SMILES string of the molecule is Cc1ccc(C(=C/C=C/c2ccc(N(c3ccccc3)c3cccc(N(c4ccccc4)c4ccc(/C=C/C=C(c5ccc(C)cc5)c5ccc(C)cc5)cc4)c3)cc2)c2ccc(C)cc2)cc1. The summed E-state index contributed by atoms with van der Waals surface area (Å²) in [7, 11) is 0. The van der Waals surface area contributed by atoms with Gasteiger partial charge in [-0.2, -0.15) is 0 Å². The normalized spacial score (nSPS) is 11.1. The number of anilines is 6. The fraction of sp³-hybridized carbons (Fsp3) is 0.0606. The van der Waals surface area contributed by atoms with Crippen molar-refractivity contribution in [1.29, 1.82) is 0 Å². The zero-order chi connectivity index (χ0) is 46.7. The van der Waals surface area contributed by atoms with Crippen molar-refractivity contribution in [3.8, 4) is 0 Å². The van der Waals surface area contributed by atoms with Crippen molar-refractivity contribution < 1.29 is 0 Å². The van der Waals surface area contributed by atoms with Gasteiger partial charge in [-0.3, -0.25) is 0 Å². The van der Waals surface area contributed by atoms with E-state index in [1.54, 1.807) is 0 Å². The highest BCUT2D eigenvalue weighted by Gasteiger charge is 2.17. The van der Waals surface area contributed by atoms with E-state index in [1.165, 1.54) is 55.7 Å². The maximum Gasteiger partial charge on any atom is 0.0482 e. The van der Waals surface area contributed by atoms with Gasteiger partial charge in [0.2, 0.25) is 0 Å². The van der Waals surface area contributed by atoms with Crippen LogP contribution in [0.5, 0.6) is 0 Å². The molecule has 9 aromatic carbocycles. The maximum absolute atomic E-state index is 2.33. The number of hydrogen-bond donors (Lipinski definition) is 0. The van der Waals surface area contributed by atoms with Crippen LogP contribution in [0.25, 0.3) is 23.3 Å². The molecule has 0 radical (unpaired) electrons. The van der Waals surface area contributed by atoms with Crippen molar-refractivity contribution in [1.82, 2.24) is 0 Å². The van der Waals surface area contributed by atoms with Gasteiger partial charge in [0, 0.05) is 34.1 Å². The molecular formula is C66H56N2. The first-order valence-corrected chi connectivity index (χ1v) is 23.4. The van der Waals surface area contributed by atoms with Gasteiger partial charge in [0.15, 0.2) is 0 Å². The Morgan fingerprint density at radius 2 is 0.559 bits per heavy atom. The fourth-order valence-corrected chi connectivity index (χ4v) is 8.45. The summed E-state index contributed by atoms with van der Waals surface area (Å²) in [5.41, 5.74) is 20.9.